The predicted molar refractivity (Wildman–Crippen MR) is 104 cm³/mol. The lowest BCUT2D eigenvalue weighted by Crippen LogP contribution is -2.41. The second-order valence-corrected chi connectivity index (χ2v) is 7.53. The SMILES string of the molecule is CCn1ncc(NC(=O)OCc2ccccc2)c1B1OC(C)(C)C(C)(C)O1. The molecule has 2 heterocycles. The Balaban J connectivity index is 1.73. The van der Waals surface area contributed by atoms with Gasteiger partial charge in [0, 0.05) is 6.54 Å². The van der Waals surface area contributed by atoms with Crippen LogP contribution in [-0.2, 0) is 27.2 Å². The first-order chi connectivity index (χ1) is 12.7. The Morgan fingerprint density at radius 1 is 1.19 bits per heavy atom. The number of benzene rings is 1. The molecular weight excluding hydrogens is 345 g/mol. The highest BCUT2D eigenvalue weighted by Crippen LogP contribution is 2.37. The highest BCUT2D eigenvalue weighted by Gasteiger charge is 2.53. The van der Waals surface area contributed by atoms with E-state index in [2.05, 4.69) is 10.4 Å². The van der Waals surface area contributed by atoms with Gasteiger partial charge in [-0.15, -0.1) is 0 Å². The zero-order valence-electron chi connectivity index (χ0n) is 16.5. The van der Waals surface area contributed by atoms with Gasteiger partial charge in [-0.1, -0.05) is 30.3 Å². The van der Waals surface area contributed by atoms with E-state index in [0.29, 0.717) is 17.8 Å². The quantitative estimate of drug-likeness (QED) is 0.818. The highest BCUT2D eigenvalue weighted by molar-refractivity contribution is 6.63. The largest absolute Gasteiger partial charge is 0.516 e. The van der Waals surface area contributed by atoms with Gasteiger partial charge in [0.15, 0.2) is 0 Å². The number of nitrogens with one attached hydrogen (secondary N) is 1. The molecule has 1 amide bonds. The van der Waals surface area contributed by atoms with Crippen LogP contribution in [0.2, 0.25) is 0 Å². The number of hydrogen-bond acceptors (Lipinski definition) is 5. The Hall–Kier alpha value is -2.32. The van der Waals surface area contributed by atoms with Gasteiger partial charge in [0.25, 0.3) is 0 Å². The molecule has 0 saturated carbocycles. The summed E-state index contributed by atoms with van der Waals surface area (Å²) < 4.78 is 19.3. The number of rotatable bonds is 5. The molecule has 0 radical (unpaired) electrons. The number of ether oxygens (including phenoxy) is 1. The van der Waals surface area contributed by atoms with Crippen molar-refractivity contribution in [2.45, 2.75) is 59.0 Å². The normalized spacial score (nSPS) is 17.7. The topological polar surface area (TPSA) is 74.6 Å². The van der Waals surface area contributed by atoms with E-state index in [4.69, 9.17) is 14.0 Å². The summed E-state index contributed by atoms with van der Waals surface area (Å²) >= 11 is 0. The minimum Gasteiger partial charge on any atom is -0.444 e. The van der Waals surface area contributed by atoms with Crippen LogP contribution in [0.15, 0.2) is 36.5 Å². The molecule has 1 fully saturated rings. The summed E-state index contributed by atoms with van der Waals surface area (Å²) in [5, 5.41) is 7.10. The summed E-state index contributed by atoms with van der Waals surface area (Å²) in [4.78, 5) is 12.3. The van der Waals surface area contributed by atoms with Crippen molar-refractivity contribution in [3.05, 3.63) is 42.1 Å². The molecule has 0 aliphatic carbocycles. The van der Waals surface area contributed by atoms with Gasteiger partial charge >= 0.3 is 13.2 Å². The standard InChI is InChI=1S/C19H26BN3O4/c1-6-23-16(20-26-18(2,3)19(4,5)27-20)15(12-21-23)22-17(24)25-13-14-10-8-7-9-11-14/h7-12H,6,13H2,1-5H3,(H,22,24). The van der Waals surface area contributed by atoms with Crippen LogP contribution in [0.25, 0.3) is 0 Å². The van der Waals surface area contributed by atoms with Crippen molar-refractivity contribution >= 4 is 24.5 Å². The van der Waals surface area contributed by atoms with E-state index in [0.717, 1.165) is 5.56 Å². The fourth-order valence-corrected chi connectivity index (χ4v) is 2.82. The molecule has 0 spiro atoms. The highest BCUT2D eigenvalue weighted by atomic mass is 16.7. The van der Waals surface area contributed by atoms with Crippen LogP contribution in [0.3, 0.4) is 0 Å². The summed E-state index contributed by atoms with van der Waals surface area (Å²) in [6, 6.07) is 9.52. The molecule has 0 bridgehead atoms. The average molecular weight is 371 g/mol. The molecule has 27 heavy (non-hydrogen) atoms. The van der Waals surface area contributed by atoms with Crippen molar-refractivity contribution in [2.75, 3.05) is 5.32 Å². The van der Waals surface area contributed by atoms with Gasteiger partial charge in [0.1, 0.15) is 6.61 Å². The van der Waals surface area contributed by atoms with E-state index >= 15 is 0 Å². The van der Waals surface area contributed by atoms with Gasteiger partial charge in [-0.3, -0.25) is 10.00 Å². The Bertz CT molecular complexity index is 789. The summed E-state index contributed by atoms with van der Waals surface area (Å²) in [6.07, 6.45) is 1.04. The molecule has 0 unspecified atom stereocenters. The third-order valence-electron chi connectivity index (χ3n) is 5.11. The molecule has 1 aliphatic heterocycles. The van der Waals surface area contributed by atoms with Crippen LogP contribution in [0.4, 0.5) is 10.5 Å². The average Bonchev–Trinajstić information content (AvgIpc) is 3.11. The van der Waals surface area contributed by atoms with E-state index in [1.54, 1.807) is 10.9 Å². The van der Waals surface area contributed by atoms with E-state index < -0.39 is 24.4 Å². The van der Waals surface area contributed by atoms with Gasteiger partial charge in [0.2, 0.25) is 0 Å². The van der Waals surface area contributed by atoms with Gasteiger partial charge in [-0.2, -0.15) is 5.10 Å². The van der Waals surface area contributed by atoms with Crippen LogP contribution in [0.1, 0.15) is 40.2 Å². The maximum atomic E-state index is 12.3. The van der Waals surface area contributed by atoms with Crippen molar-refractivity contribution in [1.82, 2.24) is 9.78 Å². The zero-order chi connectivity index (χ0) is 19.7. The van der Waals surface area contributed by atoms with Crippen LogP contribution < -0.4 is 10.9 Å². The van der Waals surface area contributed by atoms with Crippen molar-refractivity contribution < 1.29 is 18.8 Å². The number of aryl methyl sites for hydroxylation is 1. The van der Waals surface area contributed by atoms with Crippen molar-refractivity contribution in [1.29, 1.82) is 0 Å². The number of nitrogens with zero attached hydrogens (tertiary/aromatic N) is 2. The number of amides is 1. The molecule has 0 atom stereocenters. The Labute approximate surface area is 160 Å². The second kappa shape index (κ2) is 7.36. The third kappa shape index (κ3) is 4.01. The Kier molecular flexibility index (Phi) is 5.30. The number of carbonyl (C=O) groups excluding carboxylic acids is 1. The van der Waals surface area contributed by atoms with Gasteiger partial charge in [-0.05, 0) is 40.2 Å². The van der Waals surface area contributed by atoms with E-state index in [1.165, 1.54) is 0 Å². The first kappa shape index (κ1) is 19.4. The molecule has 8 heteroatoms. The molecule has 1 aromatic carbocycles. The summed E-state index contributed by atoms with van der Waals surface area (Å²) in [5.41, 5.74) is 1.15. The molecule has 3 rings (SSSR count). The monoisotopic (exact) mass is 371 g/mol. The minimum atomic E-state index is -0.623. The molecule has 2 aromatic rings. The molecule has 1 saturated heterocycles. The molecular formula is C19H26BN3O4. The zero-order valence-corrected chi connectivity index (χ0v) is 16.5. The Morgan fingerprint density at radius 3 is 2.41 bits per heavy atom. The minimum absolute atomic E-state index is 0.195. The summed E-state index contributed by atoms with van der Waals surface area (Å²) in [5.74, 6) is 0. The van der Waals surface area contributed by atoms with E-state index in [-0.39, 0.29) is 6.61 Å². The second-order valence-electron chi connectivity index (χ2n) is 7.53. The van der Waals surface area contributed by atoms with Crippen molar-refractivity contribution in [3.63, 3.8) is 0 Å². The number of hydrogen-bond donors (Lipinski definition) is 1. The lowest BCUT2D eigenvalue weighted by Gasteiger charge is -2.32. The molecule has 1 aliphatic rings. The van der Waals surface area contributed by atoms with Crippen LogP contribution in [-0.4, -0.2) is 34.2 Å². The summed E-state index contributed by atoms with van der Waals surface area (Å²) in [6.45, 7) is 10.7. The maximum Gasteiger partial charge on any atom is 0.516 e. The van der Waals surface area contributed by atoms with E-state index in [9.17, 15) is 4.79 Å². The fraction of sp³-hybridized carbons (Fsp3) is 0.474. The molecule has 7 nitrogen and oxygen atoms in total. The van der Waals surface area contributed by atoms with Gasteiger partial charge in [-0.25, -0.2) is 4.79 Å². The van der Waals surface area contributed by atoms with Gasteiger partial charge < -0.3 is 14.0 Å². The molecule has 144 valence electrons. The van der Waals surface area contributed by atoms with Crippen LogP contribution >= 0.6 is 0 Å². The van der Waals surface area contributed by atoms with Crippen molar-refractivity contribution in [2.24, 2.45) is 0 Å². The first-order valence-electron chi connectivity index (χ1n) is 9.12. The first-order valence-corrected chi connectivity index (χ1v) is 9.12. The predicted octanol–water partition coefficient (Wildman–Crippen LogP) is 2.95. The third-order valence-corrected chi connectivity index (χ3v) is 5.11. The summed E-state index contributed by atoms with van der Waals surface area (Å²) in [7, 11) is -0.623. The number of anilines is 1. The molecule has 1 N–H and O–H groups in total. The number of carbonyl (C=O) groups is 1. The van der Waals surface area contributed by atoms with Crippen molar-refractivity contribution in [3.8, 4) is 0 Å². The van der Waals surface area contributed by atoms with Gasteiger partial charge in [0.05, 0.1) is 28.7 Å². The maximum absolute atomic E-state index is 12.3. The fourth-order valence-electron chi connectivity index (χ4n) is 2.82. The lowest BCUT2D eigenvalue weighted by atomic mass is 9.83. The smallest absolute Gasteiger partial charge is 0.444 e. The number of aromatic nitrogens is 2. The molecule has 1 aromatic heterocycles. The van der Waals surface area contributed by atoms with Crippen LogP contribution in [0, 0.1) is 0 Å². The van der Waals surface area contributed by atoms with Crippen LogP contribution in [0.5, 0.6) is 0 Å². The lowest BCUT2D eigenvalue weighted by molar-refractivity contribution is 0.00578. The Morgan fingerprint density at radius 2 is 1.81 bits per heavy atom. The van der Waals surface area contributed by atoms with E-state index in [1.807, 2.05) is 65.0 Å².